The number of carbonyl (C=O) groups is 1. The van der Waals surface area contributed by atoms with Gasteiger partial charge in [-0.2, -0.15) is 5.10 Å². The van der Waals surface area contributed by atoms with E-state index < -0.39 is 0 Å². The van der Waals surface area contributed by atoms with E-state index in [-0.39, 0.29) is 11.7 Å². The molecule has 0 spiro atoms. The highest BCUT2D eigenvalue weighted by atomic mass is 19.1. The van der Waals surface area contributed by atoms with E-state index in [4.69, 9.17) is 0 Å². The molecule has 0 fully saturated rings. The largest absolute Gasteiger partial charge is 0.335 e. The van der Waals surface area contributed by atoms with Gasteiger partial charge >= 0.3 is 0 Å². The molecule has 0 aliphatic carbocycles. The van der Waals surface area contributed by atoms with Crippen LogP contribution in [0.2, 0.25) is 0 Å². The number of nitrogens with zero attached hydrogens (tertiary/aromatic N) is 3. The number of aromatic nitrogens is 2. The van der Waals surface area contributed by atoms with E-state index in [1.54, 1.807) is 27.9 Å². The Hall–Kier alpha value is -2.43. The van der Waals surface area contributed by atoms with Gasteiger partial charge in [0.15, 0.2) is 0 Å². The number of benzene rings is 1. The zero-order valence-corrected chi connectivity index (χ0v) is 13.1. The van der Waals surface area contributed by atoms with Gasteiger partial charge in [-0.25, -0.2) is 9.07 Å². The zero-order chi connectivity index (χ0) is 16.3. The van der Waals surface area contributed by atoms with Crippen molar-refractivity contribution in [1.29, 1.82) is 0 Å². The average molecular weight is 301 g/mol. The molecule has 2 rings (SSSR count). The fourth-order valence-electron chi connectivity index (χ4n) is 2.29. The summed E-state index contributed by atoms with van der Waals surface area (Å²) in [6.07, 6.45) is 1.56. The molecule has 22 heavy (non-hydrogen) atoms. The Morgan fingerprint density at radius 1 is 1.36 bits per heavy atom. The highest BCUT2D eigenvalue weighted by Crippen LogP contribution is 2.16. The maximum atomic E-state index is 13.0. The Morgan fingerprint density at radius 3 is 2.55 bits per heavy atom. The molecular weight excluding hydrogens is 281 g/mol. The molecule has 116 valence electrons. The second-order valence-electron chi connectivity index (χ2n) is 5.31. The van der Waals surface area contributed by atoms with E-state index in [1.807, 2.05) is 20.8 Å². The lowest BCUT2D eigenvalue weighted by Crippen LogP contribution is -2.32. The first-order chi connectivity index (χ1) is 10.4. The molecule has 1 aromatic heterocycles. The van der Waals surface area contributed by atoms with Crippen LogP contribution in [-0.2, 0) is 0 Å². The third kappa shape index (κ3) is 3.24. The van der Waals surface area contributed by atoms with Crippen LogP contribution in [0.15, 0.2) is 42.6 Å². The minimum Gasteiger partial charge on any atom is -0.335 e. The second-order valence-corrected chi connectivity index (χ2v) is 5.31. The summed E-state index contributed by atoms with van der Waals surface area (Å²) in [5, 5.41) is 4.26. The lowest BCUT2D eigenvalue weighted by Gasteiger charge is -2.20. The Labute approximate surface area is 129 Å². The molecule has 0 unspecified atom stereocenters. The Morgan fingerprint density at radius 2 is 2.00 bits per heavy atom. The lowest BCUT2D eigenvalue weighted by molar-refractivity contribution is 0.0777. The molecular formula is C17H20FN3O. The normalized spacial score (nSPS) is 10.5. The first-order valence-corrected chi connectivity index (χ1v) is 7.18. The van der Waals surface area contributed by atoms with Gasteiger partial charge < -0.3 is 4.90 Å². The maximum Gasteiger partial charge on any atom is 0.257 e. The van der Waals surface area contributed by atoms with Crippen LogP contribution in [0.5, 0.6) is 0 Å². The third-order valence-electron chi connectivity index (χ3n) is 3.44. The van der Waals surface area contributed by atoms with Crippen LogP contribution in [0.4, 0.5) is 4.39 Å². The fourth-order valence-corrected chi connectivity index (χ4v) is 2.29. The van der Waals surface area contributed by atoms with Crippen LogP contribution in [0, 0.1) is 12.7 Å². The molecule has 0 N–H and O–H groups in total. The van der Waals surface area contributed by atoms with Gasteiger partial charge in [0.1, 0.15) is 5.82 Å². The standard InChI is InChI=1S/C17H20FN3O/c1-5-20(11-12(2)3)17(22)16-10-19-21(13(16)4)15-8-6-14(18)7-9-15/h6-10H,2,5,11H2,1,3-4H3. The van der Waals surface area contributed by atoms with Gasteiger partial charge in [0.05, 0.1) is 23.1 Å². The predicted octanol–water partition coefficient (Wildman–Crippen LogP) is 3.36. The Kier molecular flexibility index (Phi) is 4.75. The van der Waals surface area contributed by atoms with Gasteiger partial charge in [-0.05, 0) is 45.0 Å². The minimum absolute atomic E-state index is 0.0728. The topological polar surface area (TPSA) is 38.1 Å². The number of halogens is 1. The first-order valence-electron chi connectivity index (χ1n) is 7.18. The zero-order valence-electron chi connectivity index (χ0n) is 13.1. The van der Waals surface area contributed by atoms with Crippen molar-refractivity contribution in [1.82, 2.24) is 14.7 Å². The summed E-state index contributed by atoms with van der Waals surface area (Å²) < 4.78 is 14.7. The molecule has 0 saturated heterocycles. The van der Waals surface area contributed by atoms with Crippen molar-refractivity contribution in [3.05, 3.63) is 59.7 Å². The summed E-state index contributed by atoms with van der Waals surface area (Å²) in [6, 6.07) is 6.01. The molecule has 2 aromatic rings. The molecule has 0 bridgehead atoms. The fraction of sp³-hybridized carbons (Fsp3) is 0.294. The van der Waals surface area contributed by atoms with Crippen molar-refractivity contribution in [2.24, 2.45) is 0 Å². The van der Waals surface area contributed by atoms with Crippen LogP contribution < -0.4 is 0 Å². The van der Waals surface area contributed by atoms with Crippen LogP contribution in [0.25, 0.3) is 5.69 Å². The smallest absolute Gasteiger partial charge is 0.257 e. The summed E-state index contributed by atoms with van der Waals surface area (Å²) in [5.41, 5.74) is 2.93. The monoisotopic (exact) mass is 301 g/mol. The molecule has 1 aromatic carbocycles. The van der Waals surface area contributed by atoms with E-state index in [0.29, 0.717) is 18.7 Å². The van der Waals surface area contributed by atoms with Gasteiger partial charge in [0.25, 0.3) is 5.91 Å². The molecule has 0 aliphatic heterocycles. The highest BCUT2D eigenvalue weighted by Gasteiger charge is 2.20. The predicted molar refractivity (Wildman–Crippen MR) is 84.7 cm³/mol. The Balaban J connectivity index is 2.32. The third-order valence-corrected chi connectivity index (χ3v) is 3.44. The van der Waals surface area contributed by atoms with E-state index in [2.05, 4.69) is 11.7 Å². The number of carbonyl (C=O) groups excluding carboxylic acids is 1. The number of likely N-dealkylation sites (N-methyl/N-ethyl adjacent to an activating group) is 1. The van der Waals surface area contributed by atoms with Crippen LogP contribution in [0.1, 0.15) is 29.9 Å². The SMILES string of the molecule is C=C(C)CN(CC)C(=O)c1cnn(-c2ccc(F)cc2)c1C. The highest BCUT2D eigenvalue weighted by molar-refractivity contribution is 5.95. The maximum absolute atomic E-state index is 13.0. The van der Waals surface area contributed by atoms with Crippen LogP contribution >= 0.6 is 0 Å². The summed E-state index contributed by atoms with van der Waals surface area (Å²) in [6.45, 7) is 10.6. The van der Waals surface area contributed by atoms with E-state index in [0.717, 1.165) is 17.0 Å². The van der Waals surface area contributed by atoms with Gasteiger partial charge in [-0.15, -0.1) is 0 Å². The van der Waals surface area contributed by atoms with Crippen LogP contribution in [-0.4, -0.2) is 33.7 Å². The van der Waals surface area contributed by atoms with Crippen molar-refractivity contribution in [2.45, 2.75) is 20.8 Å². The molecule has 5 heteroatoms. The summed E-state index contributed by atoms with van der Waals surface area (Å²) >= 11 is 0. The number of hydrogen-bond acceptors (Lipinski definition) is 2. The molecule has 0 saturated carbocycles. The molecule has 4 nitrogen and oxygen atoms in total. The molecule has 0 aliphatic rings. The molecule has 1 heterocycles. The van der Waals surface area contributed by atoms with Crippen LogP contribution in [0.3, 0.4) is 0 Å². The molecule has 0 atom stereocenters. The van der Waals surface area contributed by atoms with Crippen molar-refractivity contribution < 1.29 is 9.18 Å². The van der Waals surface area contributed by atoms with E-state index >= 15 is 0 Å². The summed E-state index contributed by atoms with van der Waals surface area (Å²) in [4.78, 5) is 14.3. The number of hydrogen-bond donors (Lipinski definition) is 0. The van der Waals surface area contributed by atoms with Crippen molar-refractivity contribution >= 4 is 5.91 Å². The van der Waals surface area contributed by atoms with Crippen molar-refractivity contribution in [3.8, 4) is 5.69 Å². The van der Waals surface area contributed by atoms with Gasteiger partial charge in [0, 0.05) is 13.1 Å². The Bertz CT molecular complexity index is 688. The van der Waals surface area contributed by atoms with Gasteiger partial charge in [-0.3, -0.25) is 4.79 Å². The summed E-state index contributed by atoms with van der Waals surface area (Å²) in [7, 11) is 0. The van der Waals surface area contributed by atoms with Crippen molar-refractivity contribution in [2.75, 3.05) is 13.1 Å². The van der Waals surface area contributed by atoms with Crippen molar-refractivity contribution in [3.63, 3.8) is 0 Å². The van der Waals surface area contributed by atoms with E-state index in [9.17, 15) is 9.18 Å². The first kappa shape index (κ1) is 15.9. The van der Waals surface area contributed by atoms with Gasteiger partial charge in [0.2, 0.25) is 0 Å². The number of rotatable bonds is 5. The lowest BCUT2D eigenvalue weighted by atomic mass is 10.2. The molecule has 1 amide bonds. The second kappa shape index (κ2) is 6.56. The average Bonchev–Trinajstić information content (AvgIpc) is 2.86. The quantitative estimate of drug-likeness (QED) is 0.794. The molecule has 0 radical (unpaired) electrons. The number of amides is 1. The minimum atomic E-state index is -0.302. The van der Waals surface area contributed by atoms with Gasteiger partial charge in [-0.1, -0.05) is 12.2 Å². The summed E-state index contributed by atoms with van der Waals surface area (Å²) in [5.74, 6) is -0.375. The van der Waals surface area contributed by atoms with E-state index in [1.165, 1.54) is 12.1 Å².